The lowest BCUT2D eigenvalue weighted by atomic mass is 10.0. The summed E-state index contributed by atoms with van der Waals surface area (Å²) in [5.41, 5.74) is 2.69. The molecular weight excluding hydrogens is 280 g/mol. The van der Waals surface area contributed by atoms with Crippen LogP contribution in [0.25, 0.3) is 0 Å². The van der Waals surface area contributed by atoms with Gasteiger partial charge in [0.1, 0.15) is 11.6 Å². The molecule has 1 aliphatic rings. The van der Waals surface area contributed by atoms with Crippen LogP contribution in [0.5, 0.6) is 0 Å². The number of nitrogens with zero attached hydrogens (tertiary/aromatic N) is 3. The van der Waals surface area contributed by atoms with E-state index in [1.54, 1.807) is 0 Å². The van der Waals surface area contributed by atoms with Gasteiger partial charge in [-0.1, -0.05) is 27.2 Å². The number of hydrogen-bond donors (Lipinski definition) is 1. The lowest BCUT2D eigenvalue weighted by Gasteiger charge is -2.21. The zero-order valence-electron chi connectivity index (χ0n) is 13.1. The van der Waals surface area contributed by atoms with E-state index in [4.69, 9.17) is 0 Å². The summed E-state index contributed by atoms with van der Waals surface area (Å²) in [6, 6.07) is 2.75. The minimum atomic E-state index is 0.411. The van der Waals surface area contributed by atoms with Crippen LogP contribution in [-0.4, -0.2) is 27.2 Å². The normalized spacial score (nSPS) is 21.2. The Balaban J connectivity index is 2.26. The topological polar surface area (TPSA) is 61.6 Å². The molecule has 2 rings (SSSR count). The van der Waals surface area contributed by atoms with Crippen LogP contribution < -0.4 is 5.32 Å². The van der Waals surface area contributed by atoms with Crippen molar-refractivity contribution in [1.82, 2.24) is 10.2 Å². The fraction of sp³-hybridized carbons (Fsp3) is 0.688. The lowest BCUT2D eigenvalue weighted by molar-refractivity contribution is 0.751. The highest BCUT2D eigenvalue weighted by Crippen LogP contribution is 2.32. The van der Waals surface area contributed by atoms with E-state index in [0.717, 1.165) is 36.3 Å². The highest BCUT2D eigenvalue weighted by molar-refractivity contribution is 7.99. The molecule has 1 aromatic rings. The number of anilines is 1. The molecule has 1 aliphatic carbocycles. The lowest BCUT2D eigenvalue weighted by Crippen LogP contribution is -2.27. The Morgan fingerprint density at radius 2 is 2.05 bits per heavy atom. The molecule has 1 fully saturated rings. The monoisotopic (exact) mass is 304 g/mol. The van der Waals surface area contributed by atoms with Gasteiger partial charge in [-0.3, -0.25) is 0 Å². The van der Waals surface area contributed by atoms with Gasteiger partial charge in [0, 0.05) is 11.3 Å². The summed E-state index contributed by atoms with van der Waals surface area (Å²) < 4.78 is 0. The van der Waals surface area contributed by atoms with Crippen molar-refractivity contribution in [2.45, 2.75) is 64.2 Å². The summed E-state index contributed by atoms with van der Waals surface area (Å²) in [6.07, 6.45) is 5.30. The molecule has 0 spiro atoms. The fourth-order valence-corrected chi connectivity index (χ4v) is 4.27. The van der Waals surface area contributed by atoms with Crippen LogP contribution in [0.1, 0.15) is 56.9 Å². The summed E-state index contributed by atoms with van der Waals surface area (Å²) >= 11 is 2.00. The van der Waals surface area contributed by atoms with Crippen molar-refractivity contribution in [3.05, 3.63) is 16.8 Å². The van der Waals surface area contributed by atoms with Gasteiger partial charge in [0.05, 0.1) is 5.69 Å². The number of aromatic nitrogens is 2. The zero-order valence-corrected chi connectivity index (χ0v) is 14.0. The molecule has 1 saturated carbocycles. The molecule has 21 heavy (non-hydrogen) atoms. The second-order valence-electron chi connectivity index (χ2n) is 5.34. The minimum absolute atomic E-state index is 0.411. The van der Waals surface area contributed by atoms with Gasteiger partial charge in [0.15, 0.2) is 5.82 Å². The van der Waals surface area contributed by atoms with Crippen molar-refractivity contribution < 1.29 is 0 Å². The number of thioether (sulfide) groups is 1. The first-order valence-electron chi connectivity index (χ1n) is 7.91. The van der Waals surface area contributed by atoms with Crippen LogP contribution in [0.2, 0.25) is 0 Å². The third-order valence-corrected chi connectivity index (χ3v) is 5.44. The molecule has 114 valence electrons. The maximum absolute atomic E-state index is 9.53. The summed E-state index contributed by atoms with van der Waals surface area (Å²) in [4.78, 5) is 0. The van der Waals surface area contributed by atoms with Crippen molar-refractivity contribution in [3.8, 4) is 6.07 Å². The van der Waals surface area contributed by atoms with Crippen molar-refractivity contribution in [2.75, 3.05) is 11.1 Å². The molecule has 5 heteroatoms. The van der Waals surface area contributed by atoms with Gasteiger partial charge >= 0.3 is 0 Å². The second-order valence-corrected chi connectivity index (χ2v) is 6.86. The van der Waals surface area contributed by atoms with E-state index >= 15 is 0 Å². The van der Waals surface area contributed by atoms with Gasteiger partial charge < -0.3 is 5.32 Å². The molecule has 4 nitrogen and oxygen atoms in total. The Labute approximate surface area is 131 Å². The zero-order chi connectivity index (χ0) is 15.2. The number of hydrogen-bond acceptors (Lipinski definition) is 5. The summed E-state index contributed by atoms with van der Waals surface area (Å²) in [7, 11) is 0. The quantitative estimate of drug-likeness (QED) is 0.870. The molecule has 1 aromatic heterocycles. The van der Waals surface area contributed by atoms with Crippen molar-refractivity contribution >= 4 is 17.6 Å². The van der Waals surface area contributed by atoms with Crippen LogP contribution in [0.4, 0.5) is 5.82 Å². The first-order valence-corrected chi connectivity index (χ1v) is 8.96. The fourth-order valence-electron chi connectivity index (χ4n) is 3.07. The molecular formula is C16H24N4S. The molecule has 1 heterocycles. The van der Waals surface area contributed by atoms with E-state index in [1.807, 2.05) is 11.8 Å². The molecule has 2 unspecified atom stereocenters. The number of nitriles is 1. The average Bonchev–Trinajstić information content (AvgIpc) is 2.94. The van der Waals surface area contributed by atoms with Crippen LogP contribution in [0, 0.1) is 11.3 Å². The van der Waals surface area contributed by atoms with Gasteiger partial charge in [-0.2, -0.15) is 22.1 Å². The average molecular weight is 304 g/mol. The molecule has 0 aliphatic heterocycles. The predicted octanol–water partition coefficient (Wildman–Crippen LogP) is 3.56. The van der Waals surface area contributed by atoms with Crippen LogP contribution >= 0.6 is 11.8 Å². The van der Waals surface area contributed by atoms with E-state index in [-0.39, 0.29) is 0 Å². The van der Waals surface area contributed by atoms with E-state index in [0.29, 0.717) is 22.7 Å². The van der Waals surface area contributed by atoms with Gasteiger partial charge in [-0.05, 0) is 37.0 Å². The van der Waals surface area contributed by atoms with Gasteiger partial charge in [0.25, 0.3) is 0 Å². The maximum atomic E-state index is 9.53. The number of rotatable bonds is 6. The summed E-state index contributed by atoms with van der Waals surface area (Å²) in [6.45, 7) is 6.33. The smallest absolute Gasteiger partial charge is 0.167 e. The predicted molar refractivity (Wildman–Crippen MR) is 88.7 cm³/mol. The van der Waals surface area contributed by atoms with E-state index in [1.165, 1.54) is 12.8 Å². The Hall–Kier alpha value is -1.28. The number of nitrogens with one attached hydrogen (secondary N) is 1. The van der Waals surface area contributed by atoms with Crippen molar-refractivity contribution in [3.63, 3.8) is 0 Å². The third kappa shape index (κ3) is 3.49. The van der Waals surface area contributed by atoms with Crippen LogP contribution in [0.15, 0.2) is 0 Å². The molecule has 0 amide bonds. The number of aryl methyl sites for hydroxylation is 1. The van der Waals surface area contributed by atoms with Gasteiger partial charge in [-0.15, -0.1) is 5.10 Å². The van der Waals surface area contributed by atoms with Gasteiger partial charge in [0.2, 0.25) is 0 Å². The third-order valence-electron chi connectivity index (χ3n) is 4.11. The van der Waals surface area contributed by atoms with Crippen LogP contribution in [0.3, 0.4) is 0 Å². The molecule has 0 saturated heterocycles. The first-order chi connectivity index (χ1) is 10.2. The Morgan fingerprint density at radius 1 is 1.24 bits per heavy atom. The molecule has 0 radical (unpaired) electrons. The maximum Gasteiger partial charge on any atom is 0.167 e. The highest BCUT2D eigenvalue weighted by atomic mass is 32.2. The standard InChI is InChI=1S/C16H24N4S/c1-4-11-12(10-17)16(20-19-13(11)5-2)18-14-8-7-9-15(14)21-6-3/h14-15H,4-9H2,1-3H3,(H,18,20). The van der Waals surface area contributed by atoms with Crippen molar-refractivity contribution in [2.24, 2.45) is 0 Å². The SMILES string of the molecule is CCSC1CCCC1Nc1nnc(CC)c(CC)c1C#N. The molecule has 0 aromatic carbocycles. The Kier molecular flexibility index (Phi) is 5.86. The van der Waals surface area contributed by atoms with E-state index < -0.39 is 0 Å². The Bertz CT molecular complexity index is 524. The van der Waals surface area contributed by atoms with E-state index in [2.05, 4.69) is 42.4 Å². The van der Waals surface area contributed by atoms with Gasteiger partial charge in [-0.25, -0.2) is 0 Å². The molecule has 1 N–H and O–H groups in total. The van der Waals surface area contributed by atoms with Crippen molar-refractivity contribution in [1.29, 1.82) is 5.26 Å². The summed E-state index contributed by atoms with van der Waals surface area (Å²) in [5, 5.41) is 22.3. The summed E-state index contributed by atoms with van der Waals surface area (Å²) in [5.74, 6) is 1.81. The minimum Gasteiger partial charge on any atom is -0.364 e. The molecule has 2 atom stereocenters. The largest absolute Gasteiger partial charge is 0.364 e. The Morgan fingerprint density at radius 3 is 2.67 bits per heavy atom. The second kappa shape index (κ2) is 7.65. The first kappa shape index (κ1) is 16.1. The van der Waals surface area contributed by atoms with E-state index in [9.17, 15) is 5.26 Å². The highest BCUT2D eigenvalue weighted by Gasteiger charge is 2.28. The van der Waals surface area contributed by atoms with Crippen LogP contribution in [-0.2, 0) is 12.8 Å². The molecule has 0 bridgehead atoms.